The van der Waals surface area contributed by atoms with Gasteiger partial charge in [-0.25, -0.2) is 4.79 Å². The van der Waals surface area contributed by atoms with Crippen molar-refractivity contribution in [3.63, 3.8) is 0 Å². The Morgan fingerprint density at radius 2 is 1.74 bits per heavy atom. The summed E-state index contributed by atoms with van der Waals surface area (Å²) < 4.78 is 11.1. The van der Waals surface area contributed by atoms with Crippen molar-refractivity contribution in [1.29, 1.82) is 0 Å². The van der Waals surface area contributed by atoms with Crippen LogP contribution in [0, 0.1) is 5.92 Å². The minimum Gasteiger partial charge on any atom is -0.504 e. The molecule has 8 nitrogen and oxygen atoms in total. The van der Waals surface area contributed by atoms with Crippen molar-refractivity contribution < 1.29 is 24.2 Å². The molecule has 0 radical (unpaired) electrons. The normalized spacial score (nSPS) is 11.7. The summed E-state index contributed by atoms with van der Waals surface area (Å²) in [6, 6.07) is 12.2. The lowest BCUT2D eigenvalue weighted by molar-refractivity contribution is -0.145. The van der Waals surface area contributed by atoms with E-state index in [0.717, 1.165) is 31.2 Å². The molecule has 3 rings (SSSR count). The number of hydrogen-bond acceptors (Lipinski definition) is 7. The highest BCUT2D eigenvalue weighted by Crippen LogP contribution is 2.39. The Morgan fingerprint density at radius 3 is 2.29 bits per heavy atom. The SMILES string of the molecule is CCCCC(CC)COC(=O)CCc1cc(OC(=O)c2ccccc2)c(O)c(C(C)(C)C)c1.c1cn[nH]n1. The summed E-state index contributed by atoms with van der Waals surface area (Å²) in [5.74, 6) is -0.331. The van der Waals surface area contributed by atoms with Crippen molar-refractivity contribution in [1.82, 2.24) is 15.4 Å². The Labute approximate surface area is 225 Å². The second-order valence-electron chi connectivity index (χ2n) is 10.3. The third-order valence-electron chi connectivity index (χ3n) is 6.13. The summed E-state index contributed by atoms with van der Waals surface area (Å²) in [4.78, 5) is 24.9. The van der Waals surface area contributed by atoms with Crippen molar-refractivity contribution in [3.05, 3.63) is 71.5 Å². The zero-order valence-corrected chi connectivity index (χ0v) is 23.2. The molecule has 2 aromatic carbocycles. The van der Waals surface area contributed by atoms with Crippen LogP contribution < -0.4 is 4.74 Å². The summed E-state index contributed by atoms with van der Waals surface area (Å²) >= 11 is 0. The zero-order chi connectivity index (χ0) is 28.0. The first-order valence-corrected chi connectivity index (χ1v) is 13.2. The fourth-order valence-corrected chi connectivity index (χ4v) is 3.79. The van der Waals surface area contributed by atoms with E-state index in [9.17, 15) is 14.7 Å². The molecule has 8 heteroatoms. The largest absolute Gasteiger partial charge is 0.504 e. The van der Waals surface area contributed by atoms with Gasteiger partial charge in [-0.3, -0.25) is 4.79 Å². The second-order valence-corrected chi connectivity index (χ2v) is 10.3. The van der Waals surface area contributed by atoms with Gasteiger partial charge in [-0.1, -0.05) is 78.1 Å². The maximum atomic E-state index is 12.5. The second kappa shape index (κ2) is 15.5. The van der Waals surface area contributed by atoms with Crippen LogP contribution in [0.3, 0.4) is 0 Å². The summed E-state index contributed by atoms with van der Waals surface area (Å²) in [6.45, 7) is 10.7. The summed E-state index contributed by atoms with van der Waals surface area (Å²) in [5, 5.41) is 20.1. The van der Waals surface area contributed by atoms with Crippen LogP contribution in [0.1, 0.15) is 88.2 Å². The van der Waals surface area contributed by atoms with Crippen molar-refractivity contribution >= 4 is 11.9 Å². The molecule has 0 spiro atoms. The Morgan fingerprint density at radius 1 is 1.05 bits per heavy atom. The van der Waals surface area contributed by atoms with Gasteiger partial charge in [0.05, 0.1) is 24.6 Å². The molecule has 0 saturated carbocycles. The van der Waals surface area contributed by atoms with Crippen molar-refractivity contribution in [3.8, 4) is 11.5 Å². The van der Waals surface area contributed by atoms with Crippen molar-refractivity contribution in [2.45, 2.75) is 78.6 Å². The number of carbonyl (C=O) groups excluding carboxylic acids is 2. The maximum absolute atomic E-state index is 12.5. The molecule has 0 aliphatic carbocycles. The number of hydrogen-bond donors (Lipinski definition) is 2. The van der Waals surface area contributed by atoms with Gasteiger partial charge in [0, 0.05) is 12.0 Å². The molecule has 3 aromatic rings. The van der Waals surface area contributed by atoms with Gasteiger partial charge in [-0.05, 0) is 47.9 Å². The molecule has 0 amide bonds. The van der Waals surface area contributed by atoms with E-state index in [1.165, 1.54) is 0 Å². The minimum absolute atomic E-state index is 0.0557. The number of esters is 2. The van der Waals surface area contributed by atoms with E-state index < -0.39 is 5.97 Å². The molecule has 2 N–H and O–H groups in total. The third-order valence-corrected chi connectivity index (χ3v) is 6.13. The fraction of sp³-hybridized carbons (Fsp3) is 0.467. The third kappa shape index (κ3) is 10.4. The number of aryl methyl sites for hydroxylation is 1. The molecular formula is C30H41N3O5. The number of H-pyrrole nitrogens is 1. The van der Waals surface area contributed by atoms with E-state index in [4.69, 9.17) is 9.47 Å². The lowest BCUT2D eigenvalue weighted by Crippen LogP contribution is -2.16. The summed E-state index contributed by atoms with van der Waals surface area (Å²) in [5.41, 5.74) is 1.50. The highest BCUT2D eigenvalue weighted by molar-refractivity contribution is 5.91. The zero-order valence-electron chi connectivity index (χ0n) is 23.2. The lowest BCUT2D eigenvalue weighted by atomic mass is 9.84. The first-order chi connectivity index (χ1) is 18.2. The van der Waals surface area contributed by atoms with E-state index in [-0.39, 0.29) is 29.3 Å². The Balaban J connectivity index is 0.000000904. The van der Waals surface area contributed by atoms with Crippen LogP contribution in [0.2, 0.25) is 0 Å². The molecule has 1 aromatic heterocycles. The number of aromatic amines is 1. The average Bonchev–Trinajstić information content (AvgIpc) is 3.49. The number of ether oxygens (including phenoxy) is 2. The molecule has 0 aliphatic rings. The highest BCUT2D eigenvalue weighted by atomic mass is 16.5. The minimum atomic E-state index is -0.542. The first-order valence-electron chi connectivity index (χ1n) is 13.2. The van der Waals surface area contributed by atoms with E-state index in [2.05, 4.69) is 29.3 Å². The van der Waals surface area contributed by atoms with Crippen LogP contribution in [-0.2, 0) is 21.4 Å². The number of aromatic nitrogens is 3. The number of benzene rings is 2. The number of nitrogens with one attached hydrogen (secondary N) is 1. The predicted molar refractivity (Wildman–Crippen MR) is 147 cm³/mol. The number of carbonyl (C=O) groups is 2. The van der Waals surface area contributed by atoms with Gasteiger partial charge in [-0.15, -0.1) is 0 Å². The van der Waals surface area contributed by atoms with Crippen LogP contribution in [-0.4, -0.2) is 39.1 Å². The topological polar surface area (TPSA) is 114 Å². The number of nitrogens with zero attached hydrogens (tertiary/aromatic N) is 2. The van der Waals surface area contributed by atoms with Crippen molar-refractivity contribution in [2.24, 2.45) is 5.92 Å². The van der Waals surface area contributed by atoms with E-state index in [1.54, 1.807) is 42.7 Å². The number of phenols is 1. The number of aromatic hydroxyl groups is 1. The summed E-state index contributed by atoms with van der Waals surface area (Å²) in [6.07, 6.45) is 8.18. The first kappa shape index (κ1) is 30.5. The molecule has 1 unspecified atom stereocenters. The Hall–Kier alpha value is -3.68. The molecule has 0 bridgehead atoms. The van der Waals surface area contributed by atoms with Crippen LogP contribution in [0.4, 0.5) is 0 Å². The lowest BCUT2D eigenvalue weighted by Gasteiger charge is -2.23. The van der Waals surface area contributed by atoms with Gasteiger partial charge in [0.1, 0.15) is 0 Å². The molecule has 0 aliphatic heterocycles. The van der Waals surface area contributed by atoms with Gasteiger partial charge in [-0.2, -0.15) is 15.4 Å². The Kier molecular flexibility index (Phi) is 12.5. The van der Waals surface area contributed by atoms with Crippen LogP contribution in [0.25, 0.3) is 0 Å². The maximum Gasteiger partial charge on any atom is 0.343 e. The van der Waals surface area contributed by atoms with E-state index >= 15 is 0 Å². The summed E-state index contributed by atoms with van der Waals surface area (Å²) in [7, 11) is 0. The smallest absolute Gasteiger partial charge is 0.343 e. The van der Waals surface area contributed by atoms with Gasteiger partial charge in [0.15, 0.2) is 11.5 Å². The Bertz CT molecular complexity index is 1090. The molecular weight excluding hydrogens is 482 g/mol. The van der Waals surface area contributed by atoms with Crippen LogP contribution >= 0.6 is 0 Å². The molecule has 1 atom stereocenters. The number of rotatable bonds is 11. The van der Waals surface area contributed by atoms with Gasteiger partial charge in [0.25, 0.3) is 0 Å². The number of phenolic OH excluding ortho intramolecular Hbond substituents is 1. The van der Waals surface area contributed by atoms with Gasteiger partial charge >= 0.3 is 11.9 Å². The average molecular weight is 524 g/mol. The quantitative estimate of drug-likeness (QED) is 0.221. The molecule has 206 valence electrons. The van der Waals surface area contributed by atoms with Crippen LogP contribution in [0.15, 0.2) is 54.9 Å². The van der Waals surface area contributed by atoms with Gasteiger partial charge < -0.3 is 14.6 Å². The molecule has 0 saturated heterocycles. The fourth-order valence-electron chi connectivity index (χ4n) is 3.79. The van der Waals surface area contributed by atoms with Crippen molar-refractivity contribution in [2.75, 3.05) is 6.61 Å². The molecule has 1 heterocycles. The monoisotopic (exact) mass is 523 g/mol. The predicted octanol–water partition coefficient (Wildman–Crippen LogP) is 6.41. The van der Waals surface area contributed by atoms with E-state index in [1.807, 2.05) is 32.9 Å². The van der Waals surface area contributed by atoms with Gasteiger partial charge in [0.2, 0.25) is 0 Å². The highest BCUT2D eigenvalue weighted by Gasteiger charge is 2.24. The van der Waals surface area contributed by atoms with Crippen LogP contribution in [0.5, 0.6) is 11.5 Å². The molecule has 38 heavy (non-hydrogen) atoms. The molecule has 0 fully saturated rings. The van der Waals surface area contributed by atoms with E-state index in [0.29, 0.717) is 30.1 Å². The number of unbranched alkanes of at least 4 members (excludes halogenated alkanes) is 1. The standard InChI is InChI=1S/C28H38O5.C2H3N3/c1-6-8-12-20(7-2)19-32-25(29)16-15-21-17-23(28(3,4)5)26(30)24(18-21)33-27(31)22-13-10-9-11-14-22;1-2-4-5-3-1/h9-11,13-14,17-18,20,30H,6-8,12,15-16,19H2,1-5H3;1-2H,(H,3,4,5).